The highest BCUT2D eigenvalue weighted by Gasteiger charge is 2.15. The number of aryl methyl sites for hydroxylation is 1. The smallest absolute Gasteiger partial charge is 0.290 e. The number of carbonyl (C=O) groups excluding carboxylic acids is 1. The molecule has 1 amide bonds. The maximum absolute atomic E-state index is 12.3. The van der Waals surface area contributed by atoms with E-state index in [-0.39, 0.29) is 11.0 Å². The van der Waals surface area contributed by atoms with Crippen LogP contribution in [0.2, 0.25) is 5.02 Å². The van der Waals surface area contributed by atoms with Crippen LogP contribution in [0.25, 0.3) is 5.65 Å². The second-order valence-electron chi connectivity index (χ2n) is 5.01. The lowest BCUT2D eigenvalue weighted by Gasteiger charge is -2.11. The van der Waals surface area contributed by atoms with Crippen LogP contribution in [0.5, 0.6) is 0 Å². The summed E-state index contributed by atoms with van der Waals surface area (Å²) in [6, 6.07) is 12.6. The summed E-state index contributed by atoms with van der Waals surface area (Å²) < 4.78 is 1.85. The van der Waals surface area contributed by atoms with Gasteiger partial charge in [0.05, 0.1) is 5.69 Å². The third-order valence-corrected chi connectivity index (χ3v) is 3.83. The van der Waals surface area contributed by atoms with Gasteiger partial charge in [0.15, 0.2) is 10.8 Å². The van der Waals surface area contributed by atoms with Gasteiger partial charge in [-0.1, -0.05) is 17.7 Å². The van der Waals surface area contributed by atoms with Crippen LogP contribution in [-0.2, 0) is 0 Å². The first-order valence-corrected chi connectivity index (χ1v) is 7.90. The molecule has 0 radical (unpaired) electrons. The summed E-state index contributed by atoms with van der Waals surface area (Å²) in [5.74, 6) is -0.364. The number of halogens is 1. The molecule has 0 spiro atoms. The lowest BCUT2D eigenvalue weighted by molar-refractivity contribution is 0.0939. The first-order valence-electron chi connectivity index (χ1n) is 7.11. The van der Waals surface area contributed by atoms with E-state index in [9.17, 15) is 4.79 Å². The maximum Gasteiger partial charge on any atom is 0.290 e. The molecule has 3 aromatic rings. The van der Waals surface area contributed by atoms with Gasteiger partial charge in [0.25, 0.3) is 5.91 Å². The van der Waals surface area contributed by atoms with Crippen molar-refractivity contribution in [2.45, 2.75) is 6.92 Å². The predicted molar refractivity (Wildman–Crippen MR) is 98.2 cm³/mol. The number of pyridine rings is 1. The van der Waals surface area contributed by atoms with E-state index in [4.69, 9.17) is 23.8 Å². The third-order valence-electron chi connectivity index (χ3n) is 3.38. The van der Waals surface area contributed by atoms with E-state index >= 15 is 0 Å². The van der Waals surface area contributed by atoms with Crippen LogP contribution in [0, 0.1) is 6.92 Å². The Hall–Kier alpha value is -2.64. The fraction of sp³-hybridized carbons (Fsp3) is 0.0625. The largest absolute Gasteiger partial charge is 0.331 e. The molecule has 2 aromatic heterocycles. The normalized spacial score (nSPS) is 10.4. The second-order valence-corrected chi connectivity index (χ2v) is 5.86. The topological polar surface area (TPSA) is 70.5 Å². The Morgan fingerprint density at radius 3 is 2.62 bits per heavy atom. The van der Waals surface area contributed by atoms with Gasteiger partial charge in [0.1, 0.15) is 5.65 Å². The molecule has 0 aliphatic rings. The molecule has 3 rings (SSSR count). The monoisotopic (exact) mass is 359 g/mol. The highest BCUT2D eigenvalue weighted by molar-refractivity contribution is 7.80. The predicted octanol–water partition coefficient (Wildman–Crippen LogP) is 2.93. The van der Waals surface area contributed by atoms with Gasteiger partial charge in [-0.2, -0.15) is 0 Å². The van der Waals surface area contributed by atoms with Crippen LogP contribution < -0.4 is 16.2 Å². The SMILES string of the molecule is Cc1c(C(=O)NNC(=S)Nc2ccc(Cl)cc2)nc2ccccn12. The number of thiocarbonyl (C=S) groups is 1. The van der Waals surface area contributed by atoms with Gasteiger partial charge in [0.2, 0.25) is 0 Å². The number of benzene rings is 1. The van der Waals surface area contributed by atoms with Gasteiger partial charge in [-0.05, 0) is 55.5 Å². The Bertz CT molecular complexity index is 906. The van der Waals surface area contributed by atoms with E-state index in [0.717, 1.165) is 11.4 Å². The number of hydrogen-bond donors (Lipinski definition) is 3. The minimum absolute atomic E-state index is 0.257. The lowest BCUT2D eigenvalue weighted by atomic mass is 10.3. The fourth-order valence-electron chi connectivity index (χ4n) is 2.20. The van der Waals surface area contributed by atoms with Crippen molar-refractivity contribution >= 4 is 46.2 Å². The summed E-state index contributed by atoms with van der Waals surface area (Å²) in [5, 5.41) is 3.83. The average Bonchev–Trinajstić information content (AvgIpc) is 2.92. The Balaban J connectivity index is 1.63. The standard InChI is InChI=1S/C16H14ClN5OS/c1-10-14(19-13-4-2-3-9-22(10)13)15(23)20-21-16(24)18-12-7-5-11(17)6-8-12/h2-9H,1H3,(H,20,23)(H2,18,21,24). The van der Waals surface area contributed by atoms with E-state index < -0.39 is 0 Å². The molecule has 0 bridgehead atoms. The summed E-state index contributed by atoms with van der Waals surface area (Å²) in [5.41, 5.74) is 7.75. The van der Waals surface area contributed by atoms with Gasteiger partial charge in [-0.15, -0.1) is 0 Å². The van der Waals surface area contributed by atoms with Crippen molar-refractivity contribution in [3.63, 3.8) is 0 Å². The Morgan fingerprint density at radius 2 is 1.92 bits per heavy atom. The number of imidazole rings is 1. The van der Waals surface area contributed by atoms with Crippen molar-refractivity contribution in [1.82, 2.24) is 20.2 Å². The summed E-state index contributed by atoms with van der Waals surface area (Å²) >= 11 is 11.0. The van der Waals surface area contributed by atoms with Crippen molar-refractivity contribution < 1.29 is 4.79 Å². The van der Waals surface area contributed by atoms with Crippen LogP contribution in [0.4, 0.5) is 5.69 Å². The number of carbonyl (C=O) groups is 1. The summed E-state index contributed by atoms with van der Waals surface area (Å²) in [6.07, 6.45) is 1.86. The van der Waals surface area contributed by atoms with Crippen LogP contribution in [0.1, 0.15) is 16.2 Å². The molecule has 6 nitrogen and oxygen atoms in total. The highest BCUT2D eigenvalue weighted by atomic mass is 35.5. The molecule has 2 heterocycles. The molecule has 24 heavy (non-hydrogen) atoms. The first kappa shape index (κ1) is 16.2. The molecule has 1 aromatic carbocycles. The minimum Gasteiger partial charge on any atom is -0.331 e. The van der Waals surface area contributed by atoms with Crippen LogP contribution in [0.15, 0.2) is 48.7 Å². The highest BCUT2D eigenvalue weighted by Crippen LogP contribution is 2.13. The van der Waals surface area contributed by atoms with E-state index in [1.807, 2.05) is 35.7 Å². The first-order chi connectivity index (χ1) is 11.5. The van der Waals surface area contributed by atoms with Gasteiger partial charge in [0, 0.05) is 16.9 Å². The molecule has 0 aliphatic heterocycles. The van der Waals surface area contributed by atoms with E-state index in [1.165, 1.54) is 0 Å². The number of nitrogens with zero attached hydrogens (tertiary/aromatic N) is 2. The number of hydrazine groups is 1. The molecule has 0 fully saturated rings. The zero-order valence-electron chi connectivity index (χ0n) is 12.7. The molecule has 0 unspecified atom stereocenters. The number of amides is 1. The quantitative estimate of drug-likeness (QED) is 0.485. The van der Waals surface area contributed by atoms with E-state index in [0.29, 0.717) is 16.4 Å². The molecule has 0 saturated heterocycles. The van der Waals surface area contributed by atoms with E-state index in [2.05, 4.69) is 21.2 Å². The van der Waals surface area contributed by atoms with Crippen molar-refractivity contribution in [3.8, 4) is 0 Å². The number of hydrogen-bond acceptors (Lipinski definition) is 3. The molecule has 8 heteroatoms. The summed E-state index contributed by atoms with van der Waals surface area (Å²) in [6.45, 7) is 1.83. The summed E-state index contributed by atoms with van der Waals surface area (Å²) in [7, 11) is 0. The molecular weight excluding hydrogens is 346 g/mol. The molecule has 122 valence electrons. The Labute approximate surface area is 148 Å². The Kier molecular flexibility index (Phi) is 4.64. The second kappa shape index (κ2) is 6.86. The molecular formula is C16H14ClN5OS. The van der Waals surface area contributed by atoms with Crippen molar-refractivity contribution in [1.29, 1.82) is 0 Å². The van der Waals surface area contributed by atoms with Crippen LogP contribution >= 0.6 is 23.8 Å². The molecule has 0 atom stereocenters. The number of rotatable bonds is 2. The minimum atomic E-state index is -0.364. The molecule has 0 saturated carbocycles. The van der Waals surface area contributed by atoms with Gasteiger partial charge in [-0.25, -0.2) is 4.98 Å². The van der Waals surface area contributed by atoms with Crippen molar-refractivity contribution in [3.05, 3.63) is 65.1 Å². The number of anilines is 1. The fourth-order valence-corrected chi connectivity index (χ4v) is 2.50. The zero-order chi connectivity index (χ0) is 17.1. The number of nitrogens with one attached hydrogen (secondary N) is 3. The van der Waals surface area contributed by atoms with Crippen molar-refractivity contribution in [2.24, 2.45) is 0 Å². The molecule has 3 N–H and O–H groups in total. The van der Waals surface area contributed by atoms with Gasteiger partial charge >= 0.3 is 0 Å². The molecule has 0 aliphatic carbocycles. The van der Waals surface area contributed by atoms with Gasteiger partial charge in [-0.3, -0.25) is 15.6 Å². The summed E-state index contributed by atoms with van der Waals surface area (Å²) in [4.78, 5) is 16.6. The van der Waals surface area contributed by atoms with E-state index in [1.54, 1.807) is 24.3 Å². The Morgan fingerprint density at radius 1 is 1.17 bits per heavy atom. The van der Waals surface area contributed by atoms with Crippen molar-refractivity contribution in [2.75, 3.05) is 5.32 Å². The van der Waals surface area contributed by atoms with Crippen LogP contribution in [0.3, 0.4) is 0 Å². The number of aromatic nitrogens is 2. The maximum atomic E-state index is 12.3. The lowest BCUT2D eigenvalue weighted by Crippen LogP contribution is -2.44. The average molecular weight is 360 g/mol. The van der Waals surface area contributed by atoms with Gasteiger partial charge < -0.3 is 9.72 Å². The number of fused-ring (bicyclic) bond motifs is 1. The van der Waals surface area contributed by atoms with Crippen LogP contribution in [-0.4, -0.2) is 20.4 Å². The zero-order valence-corrected chi connectivity index (χ0v) is 14.3. The third kappa shape index (κ3) is 3.47.